The number of fused-ring (bicyclic) bond motifs is 1. The first-order chi connectivity index (χ1) is 12.6. The highest BCUT2D eigenvalue weighted by molar-refractivity contribution is 8.00. The molecule has 2 amide bonds. The number of hydrogen-bond acceptors (Lipinski definition) is 8. The Labute approximate surface area is 157 Å². The number of carbonyl (C=O) groups is 2. The number of aliphatic hydroxyl groups is 1. The van der Waals surface area contributed by atoms with Crippen LogP contribution in [-0.2, 0) is 19.0 Å². The zero-order valence-corrected chi connectivity index (χ0v) is 15.7. The molecular weight excluding hydrogens is 362 g/mol. The molecule has 0 aliphatic carbocycles. The van der Waals surface area contributed by atoms with Crippen LogP contribution < -0.4 is 16.4 Å². The van der Waals surface area contributed by atoms with Gasteiger partial charge >= 0.3 is 12.0 Å². The van der Waals surface area contributed by atoms with Crippen LogP contribution in [0.25, 0.3) is 0 Å². The topological polar surface area (TPSA) is 132 Å². The van der Waals surface area contributed by atoms with Crippen molar-refractivity contribution >= 4 is 23.8 Å². The number of urea groups is 1. The van der Waals surface area contributed by atoms with Gasteiger partial charge in [-0.05, 0) is 12.8 Å². The zero-order valence-electron chi connectivity index (χ0n) is 14.9. The average molecular weight is 391 g/mol. The van der Waals surface area contributed by atoms with E-state index in [1.165, 1.54) is 0 Å². The number of nitrogens with one attached hydrogen (secondary N) is 2. The molecule has 9 nitrogen and oxygen atoms in total. The summed E-state index contributed by atoms with van der Waals surface area (Å²) >= 11 is 1.85. The molecular formula is C16H29N3O6S. The van der Waals surface area contributed by atoms with Crippen molar-refractivity contribution in [1.82, 2.24) is 10.6 Å². The monoisotopic (exact) mass is 391 g/mol. The summed E-state index contributed by atoms with van der Waals surface area (Å²) in [7, 11) is 0. The molecule has 4 atom stereocenters. The van der Waals surface area contributed by atoms with Crippen LogP contribution in [0.5, 0.6) is 0 Å². The van der Waals surface area contributed by atoms with Gasteiger partial charge in [-0.2, -0.15) is 11.8 Å². The second-order valence-corrected chi connectivity index (χ2v) is 7.55. The van der Waals surface area contributed by atoms with E-state index in [1.807, 2.05) is 11.8 Å². The molecule has 0 radical (unpaired) electrons. The number of nitrogens with two attached hydrogens (primary N) is 1. The number of carbonyl (C=O) groups excluding carboxylic acids is 2. The summed E-state index contributed by atoms with van der Waals surface area (Å²) < 4.78 is 15.4. The van der Waals surface area contributed by atoms with E-state index in [0.29, 0.717) is 24.9 Å². The van der Waals surface area contributed by atoms with Gasteiger partial charge in [-0.3, -0.25) is 4.79 Å². The highest BCUT2D eigenvalue weighted by atomic mass is 32.2. The summed E-state index contributed by atoms with van der Waals surface area (Å²) in [6, 6.07) is -0.339. The molecule has 0 aromatic rings. The number of amides is 2. The SMILES string of the molecule is NC(CCC[C@@H]1SC[C@@H]2NC(=O)N[C@@H]21)C(=O)OCCOCCOCCO. The van der Waals surface area contributed by atoms with Gasteiger partial charge in [0.2, 0.25) is 0 Å². The van der Waals surface area contributed by atoms with Crippen LogP contribution >= 0.6 is 11.8 Å². The largest absolute Gasteiger partial charge is 0.462 e. The minimum absolute atomic E-state index is 0.0122. The highest BCUT2D eigenvalue weighted by Gasteiger charge is 2.42. The van der Waals surface area contributed by atoms with Crippen LogP contribution in [0.1, 0.15) is 19.3 Å². The van der Waals surface area contributed by atoms with Gasteiger partial charge in [0.25, 0.3) is 0 Å². The molecule has 0 aromatic heterocycles. The Kier molecular flexibility index (Phi) is 9.48. The molecule has 2 aliphatic heterocycles. The van der Waals surface area contributed by atoms with E-state index in [0.717, 1.165) is 18.6 Å². The Balaban J connectivity index is 1.48. The maximum absolute atomic E-state index is 11.8. The molecule has 0 bridgehead atoms. The smallest absolute Gasteiger partial charge is 0.322 e. The normalized spacial score (nSPS) is 25.5. The lowest BCUT2D eigenvalue weighted by molar-refractivity contribution is -0.147. The van der Waals surface area contributed by atoms with Crippen LogP contribution in [0.4, 0.5) is 4.79 Å². The summed E-state index contributed by atoms with van der Waals surface area (Å²) in [6.45, 7) is 1.50. The molecule has 150 valence electrons. The van der Waals surface area contributed by atoms with Crippen molar-refractivity contribution < 1.29 is 28.9 Å². The summed E-state index contributed by atoms with van der Waals surface area (Å²) in [5.74, 6) is 0.505. The second-order valence-electron chi connectivity index (χ2n) is 6.28. The van der Waals surface area contributed by atoms with Crippen LogP contribution in [-0.4, -0.2) is 85.9 Å². The number of hydrogen-bond donors (Lipinski definition) is 4. The minimum atomic E-state index is -0.638. The Morgan fingerprint density at radius 2 is 1.96 bits per heavy atom. The lowest BCUT2D eigenvalue weighted by Gasteiger charge is -2.17. The predicted molar refractivity (Wildman–Crippen MR) is 97.0 cm³/mol. The third kappa shape index (κ3) is 6.92. The minimum Gasteiger partial charge on any atom is -0.462 e. The fraction of sp³-hybridized carbons (Fsp3) is 0.875. The van der Waals surface area contributed by atoms with E-state index in [1.54, 1.807) is 0 Å². The van der Waals surface area contributed by atoms with Crippen LogP contribution in [0, 0.1) is 0 Å². The van der Waals surface area contributed by atoms with Gasteiger partial charge in [-0.1, -0.05) is 6.42 Å². The molecule has 2 heterocycles. The molecule has 2 aliphatic rings. The molecule has 2 rings (SSSR count). The van der Waals surface area contributed by atoms with Gasteiger partial charge in [-0.25, -0.2) is 4.79 Å². The Hall–Kier alpha value is -1.07. The molecule has 2 saturated heterocycles. The van der Waals surface area contributed by atoms with E-state index < -0.39 is 12.0 Å². The molecule has 5 N–H and O–H groups in total. The molecule has 2 fully saturated rings. The quantitative estimate of drug-likeness (QED) is 0.183. The number of aliphatic hydroxyl groups excluding tert-OH is 1. The number of rotatable bonds is 13. The van der Waals surface area contributed by atoms with Crippen LogP contribution in [0.2, 0.25) is 0 Å². The molecule has 0 spiro atoms. The first-order valence-electron chi connectivity index (χ1n) is 8.99. The van der Waals surface area contributed by atoms with Crippen molar-refractivity contribution in [1.29, 1.82) is 0 Å². The second kappa shape index (κ2) is 11.6. The number of esters is 1. The van der Waals surface area contributed by atoms with Gasteiger partial charge in [0.05, 0.1) is 45.1 Å². The fourth-order valence-electron chi connectivity index (χ4n) is 2.99. The maximum Gasteiger partial charge on any atom is 0.322 e. The molecule has 10 heteroatoms. The number of thioether (sulfide) groups is 1. The Bertz CT molecular complexity index is 456. The molecule has 0 aromatic carbocycles. The third-order valence-corrected chi connectivity index (χ3v) is 5.83. The van der Waals surface area contributed by atoms with E-state index in [2.05, 4.69) is 10.6 Å². The van der Waals surface area contributed by atoms with Gasteiger partial charge < -0.3 is 35.7 Å². The van der Waals surface area contributed by atoms with Crippen molar-refractivity contribution in [2.24, 2.45) is 5.73 Å². The van der Waals surface area contributed by atoms with Gasteiger partial charge in [0.15, 0.2) is 0 Å². The maximum atomic E-state index is 11.8. The van der Waals surface area contributed by atoms with Crippen LogP contribution in [0.15, 0.2) is 0 Å². The predicted octanol–water partition coefficient (Wildman–Crippen LogP) is -0.782. The Morgan fingerprint density at radius 1 is 1.23 bits per heavy atom. The van der Waals surface area contributed by atoms with Crippen LogP contribution in [0.3, 0.4) is 0 Å². The lowest BCUT2D eigenvalue weighted by Crippen LogP contribution is -2.37. The summed E-state index contributed by atoms with van der Waals surface area (Å²) in [5.41, 5.74) is 5.88. The summed E-state index contributed by atoms with van der Waals surface area (Å²) in [6.07, 6.45) is 2.28. The van der Waals surface area contributed by atoms with Gasteiger partial charge in [-0.15, -0.1) is 0 Å². The third-order valence-electron chi connectivity index (χ3n) is 4.32. The van der Waals surface area contributed by atoms with Crippen molar-refractivity contribution in [2.45, 2.75) is 42.6 Å². The zero-order chi connectivity index (χ0) is 18.8. The van der Waals surface area contributed by atoms with Gasteiger partial charge in [0, 0.05) is 11.0 Å². The fourth-order valence-corrected chi connectivity index (χ4v) is 4.54. The first kappa shape index (κ1) is 21.2. The number of ether oxygens (including phenoxy) is 3. The first-order valence-corrected chi connectivity index (χ1v) is 10.0. The summed E-state index contributed by atoms with van der Waals surface area (Å²) in [4.78, 5) is 23.2. The standard InChI is InChI=1S/C16H29N3O6S/c17-11(15(21)25-9-8-24-7-6-23-5-4-20)2-1-3-13-14-12(10-26-13)18-16(22)19-14/h11-14,20H,1-10,17H2,(H2,18,19,22)/t11?,12-,13-,14-/m0/s1. The average Bonchev–Trinajstić information content (AvgIpc) is 3.16. The molecule has 1 unspecified atom stereocenters. The van der Waals surface area contributed by atoms with Crippen molar-refractivity contribution in [3.63, 3.8) is 0 Å². The van der Waals surface area contributed by atoms with Gasteiger partial charge in [0.1, 0.15) is 12.6 Å². The molecule has 26 heavy (non-hydrogen) atoms. The molecule has 0 saturated carbocycles. The lowest BCUT2D eigenvalue weighted by atomic mass is 10.0. The highest BCUT2D eigenvalue weighted by Crippen LogP contribution is 2.33. The van der Waals surface area contributed by atoms with E-state index in [9.17, 15) is 9.59 Å². The summed E-state index contributed by atoms with van der Waals surface area (Å²) in [5, 5.41) is 14.8. The van der Waals surface area contributed by atoms with E-state index in [4.69, 9.17) is 25.1 Å². The van der Waals surface area contributed by atoms with Crippen molar-refractivity contribution in [2.75, 3.05) is 45.4 Å². The van der Waals surface area contributed by atoms with E-state index in [-0.39, 0.29) is 44.5 Å². The van der Waals surface area contributed by atoms with Crippen molar-refractivity contribution in [3.05, 3.63) is 0 Å². The van der Waals surface area contributed by atoms with E-state index >= 15 is 0 Å². The Morgan fingerprint density at radius 3 is 2.73 bits per heavy atom. The van der Waals surface area contributed by atoms with Crippen molar-refractivity contribution in [3.8, 4) is 0 Å².